The van der Waals surface area contributed by atoms with E-state index in [1.54, 1.807) is 13.2 Å². The van der Waals surface area contributed by atoms with Gasteiger partial charge in [0, 0.05) is 0 Å². The molecule has 0 aliphatic heterocycles. The fourth-order valence-electron chi connectivity index (χ4n) is 0. The van der Waals surface area contributed by atoms with Gasteiger partial charge in [0.1, 0.15) is 0 Å². The minimum Gasteiger partial charge on any atom is -0.542 e. The average Bonchev–Trinajstić information content (AvgIpc) is 1.37. The first-order valence-electron chi connectivity index (χ1n) is 1.26. The Hall–Kier alpha value is 0.670. The van der Waals surface area contributed by atoms with Gasteiger partial charge in [0.25, 0.3) is 0 Å². The molecule has 0 aromatic carbocycles. The maximum Gasteiger partial charge on any atom is 1.00 e. The van der Waals surface area contributed by atoms with Crippen molar-refractivity contribution in [3.05, 3.63) is 0 Å². The maximum absolute atomic E-state index is 9.05. The first kappa shape index (κ1) is 9.18. The number of hydrogen-bond donors (Lipinski definition) is 0. The third kappa shape index (κ3) is 11.9. The van der Waals surface area contributed by atoms with Crippen molar-refractivity contribution in [1.82, 2.24) is 0 Å². The van der Waals surface area contributed by atoms with Crippen molar-refractivity contribution >= 4 is 6.29 Å². The summed E-state index contributed by atoms with van der Waals surface area (Å²) in [6, 6.07) is 0. The van der Waals surface area contributed by atoms with Gasteiger partial charge in [-0.05, 0) is 0 Å². The van der Waals surface area contributed by atoms with E-state index in [9.17, 15) is 0 Å². The SMILES string of the molecule is CC[C-]=O.[Na+]. The zero-order valence-electron chi connectivity index (χ0n) is 3.62. The molecule has 0 fully saturated rings. The van der Waals surface area contributed by atoms with Gasteiger partial charge in [0.15, 0.2) is 0 Å². The molecule has 2 heteroatoms. The molecule has 0 aromatic heterocycles. The van der Waals surface area contributed by atoms with E-state index in [0.29, 0.717) is 6.42 Å². The first-order chi connectivity index (χ1) is 1.91. The van der Waals surface area contributed by atoms with Gasteiger partial charge in [-0.3, -0.25) is 6.29 Å². The summed E-state index contributed by atoms with van der Waals surface area (Å²) < 4.78 is 0. The standard InChI is InChI=1S/C3H5O.Na/c1-2-3-4;/h2H2,1H3;/q-1;+1. The Morgan fingerprint density at radius 2 is 2.00 bits per heavy atom. The van der Waals surface area contributed by atoms with Crippen LogP contribution in [0, 0.1) is 0 Å². The summed E-state index contributed by atoms with van der Waals surface area (Å²) in [5, 5.41) is 0. The van der Waals surface area contributed by atoms with E-state index >= 15 is 0 Å². The zero-order chi connectivity index (χ0) is 3.41. The smallest absolute Gasteiger partial charge is 0.542 e. The van der Waals surface area contributed by atoms with Crippen molar-refractivity contribution < 1.29 is 34.4 Å². The summed E-state index contributed by atoms with van der Waals surface area (Å²) in [5.41, 5.74) is 0. The molecular formula is C3H5NaO. The first-order valence-corrected chi connectivity index (χ1v) is 1.26. The molecule has 0 unspecified atom stereocenters. The van der Waals surface area contributed by atoms with E-state index in [2.05, 4.69) is 0 Å². The summed E-state index contributed by atoms with van der Waals surface area (Å²) in [5.74, 6) is 0. The predicted molar refractivity (Wildman–Crippen MR) is 16.0 cm³/mol. The molecule has 0 saturated heterocycles. The number of rotatable bonds is 1. The topological polar surface area (TPSA) is 17.1 Å². The Bertz CT molecular complexity index is 20.9. The predicted octanol–water partition coefficient (Wildman–Crippen LogP) is -2.49. The van der Waals surface area contributed by atoms with Crippen LogP contribution in [0.2, 0.25) is 0 Å². The molecule has 0 aromatic rings. The zero-order valence-corrected chi connectivity index (χ0v) is 5.62. The molecular weight excluding hydrogens is 75.0 g/mol. The van der Waals surface area contributed by atoms with Crippen molar-refractivity contribution in [3.8, 4) is 0 Å². The third-order valence-electron chi connectivity index (χ3n) is 0.144. The quantitative estimate of drug-likeness (QED) is 0.251. The Morgan fingerprint density at radius 1 is 1.80 bits per heavy atom. The monoisotopic (exact) mass is 80.0 g/mol. The molecule has 0 aliphatic carbocycles. The van der Waals surface area contributed by atoms with Gasteiger partial charge in [-0.1, -0.05) is 6.92 Å². The van der Waals surface area contributed by atoms with Crippen LogP contribution in [0.4, 0.5) is 0 Å². The number of carbonyl (C=O) groups excluding carboxylic acids is 1. The molecule has 0 radical (unpaired) electrons. The van der Waals surface area contributed by atoms with Crippen LogP contribution in [0.1, 0.15) is 13.3 Å². The molecule has 0 heterocycles. The van der Waals surface area contributed by atoms with Crippen LogP contribution < -0.4 is 29.6 Å². The van der Waals surface area contributed by atoms with Crippen LogP contribution in [0.5, 0.6) is 0 Å². The Morgan fingerprint density at radius 3 is 2.00 bits per heavy atom. The number of hydrogen-bond acceptors (Lipinski definition) is 1. The minimum absolute atomic E-state index is 0. The Balaban J connectivity index is 0. The fourth-order valence-corrected chi connectivity index (χ4v) is 0. The van der Waals surface area contributed by atoms with Gasteiger partial charge in [0.2, 0.25) is 0 Å². The summed E-state index contributed by atoms with van der Waals surface area (Å²) >= 11 is 0. The second kappa shape index (κ2) is 8.82. The van der Waals surface area contributed by atoms with Crippen LogP contribution in [-0.2, 0) is 4.79 Å². The van der Waals surface area contributed by atoms with Crippen LogP contribution in [0.3, 0.4) is 0 Å². The normalized spacial score (nSPS) is 5.00. The second-order valence-corrected chi connectivity index (χ2v) is 0.498. The molecule has 0 saturated carbocycles. The molecule has 0 aliphatic rings. The van der Waals surface area contributed by atoms with Gasteiger partial charge in [0.05, 0.1) is 0 Å². The molecule has 5 heavy (non-hydrogen) atoms. The second-order valence-electron chi connectivity index (χ2n) is 0.498. The molecule has 0 atom stereocenters. The van der Waals surface area contributed by atoms with E-state index in [4.69, 9.17) is 4.79 Å². The van der Waals surface area contributed by atoms with Gasteiger partial charge in [-0.2, -0.15) is 6.42 Å². The molecule has 24 valence electrons. The van der Waals surface area contributed by atoms with Crippen molar-refractivity contribution in [2.45, 2.75) is 13.3 Å². The summed E-state index contributed by atoms with van der Waals surface area (Å²) in [6.07, 6.45) is 2.19. The summed E-state index contributed by atoms with van der Waals surface area (Å²) in [6.45, 7) is 1.76. The van der Waals surface area contributed by atoms with Crippen molar-refractivity contribution in [3.63, 3.8) is 0 Å². The van der Waals surface area contributed by atoms with Crippen LogP contribution in [0.25, 0.3) is 0 Å². The van der Waals surface area contributed by atoms with E-state index in [1.807, 2.05) is 0 Å². The third-order valence-corrected chi connectivity index (χ3v) is 0.144. The average molecular weight is 80.1 g/mol. The van der Waals surface area contributed by atoms with E-state index in [0.717, 1.165) is 0 Å². The molecule has 0 amide bonds. The summed E-state index contributed by atoms with van der Waals surface area (Å²) in [7, 11) is 0. The molecule has 1 nitrogen and oxygen atoms in total. The van der Waals surface area contributed by atoms with Crippen LogP contribution in [-0.4, -0.2) is 6.29 Å². The van der Waals surface area contributed by atoms with Crippen LogP contribution in [0.15, 0.2) is 0 Å². The van der Waals surface area contributed by atoms with Crippen molar-refractivity contribution in [2.24, 2.45) is 0 Å². The van der Waals surface area contributed by atoms with Gasteiger partial charge >= 0.3 is 29.6 Å². The molecule has 0 bridgehead atoms. The van der Waals surface area contributed by atoms with Crippen molar-refractivity contribution in [1.29, 1.82) is 0 Å². The van der Waals surface area contributed by atoms with Gasteiger partial charge in [-0.15, -0.1) is 0 Å². The van der Waals surface area contributed by atoms with Crippen LogP contribution >= 0.6 is 0 Å². The minimum atomic E-state index is 0. The van der Waals surface area contributed by atoms with E-state index < -0.39 is 0 Å². The maximum atomic E-state index is 9.05. The van der Waals surface area contributed by atoms with Gasteiger partial charge < -0.3 is 4.79 Å². The fraction of sp³-hybridized carbons (Fsp3) is 0.667. The van der Waals surface area contributed by atoms with E-state index in [-0.39, 0.29) is 29.6 Å². The largest absolute Gasteiger partial charge is 1.00 e. The Labute approximate surface area is 54.0 Å². The molecule has 0 spiro atoms. The summed E-state index contributed by atoms with van der Waals surface area (Å²) in [4.78, 5) is 9.05. The molecule has 0 rings (SSSR count). The molecule has 0 N–H and O–H groups in total. The Kier molecular flexibility index (Phi) is 16.2. The van der Waals surface area contributed by atoms with Gasteiger partial charge in [-0.25, -0.2) is 0 Å². The van der Waals surface area contributed by atoms with Crippen molar-refractivity contribution in [2.75, 3.05) is 0 Å². The van der Waals surface area contributed by atoms with E-state index in [1.165, 1.54) is 0 Å².